The molecule has 0 aliphatic carbocycles. The number of hydrogen-bond donors (Lipinski definition) is 1. The number of aromatic nitrogens is 1. The zero-order valence-corrected chi connectivity index (χ0v) is 13.3. The maximum absolute atomic E-state index is 12.4. The summed E-state index contributed by atoms with van der Waals surface area (Å²) < 4.78 is 10.6. The molecular weight excluding hydrogens is 320 g/mol. The van der Waals surface area contributed by atoms with Gasteiger partial charge in [-0.15, -0.1) is 11.3 Å². The highest BCUT2D eigenvalue weighted by molar-refractivity contribution is 7.13. The largest absolute Gasteiger partial charge is 0.480 e. The summed E-state index contributed by atoms with van der Waals surface area (Å²) in [5, 5.41) is 11.2. The van der Waals surface area contributed by atoms with Crippen molar-refractivity contribution in [2.24, 2.45) is 0 Å². The number of aliphatic carboxylic acids is 1. The molecule has 2 unspecified atom stereocenters. The van der Waals surface area contributed by atoms with Gasteiger partial charge in [0.05, 0.1) is 23.1 Å². The van der Waals surface area contributed by atoms with Crippen LogP contribution < -0.4 is 0 Å². The molecule has 1 aliphatic heterocycles. The number of thiophene rings is 1. The second kappa shape index (κ2) is 6.51. The number of methoxy groups -OCH3 is 1. The molecule has 0 aromatic carbocycles. The Morgan fingerprint density at radius 3 is 3.04 bits per heavy atom. The van der Waals surface area contributed by atoms with E-state index in [0.717, 1.165) is 4.88 Å². The van der Waals surface area contributed by atoms with Crippen LogP contribution in [0, 0.1) is 0 Å². The lowest BCUT2D eigenvalue weighted by Crippen LogP contribution is -2.41. The van der Waals surface area contributed by atoms with Crippen LogP contribution in [0.3, 0.4) is 0 Å². The summed E-state index contributed by atoms with van der Waals surface area (Å²) in [4.78, 5) is 30.2. The van der Waals surface area contributed by atoms with E-state index in [0.29, 0.717) is 18.0 Å². The number of carboxylic acids is 1. The third kappa shape index (κ3) is 3.27. The first-order valence-corrected chi connectivity index (χ1v) is 7.99. The topological polar surface area (TPSA) is 92.9 Å². The number of hydrogen-bond acceptors (Lipinski definition) is 6. The summed E-state index contributed by atoms with van der Waals surface area (Å²) in [6, 6.07) is 2.92. The number of ether oxygens (including phenoxy) is 1. The molecule has 0 radical (unpaired) electrons. The van der Waals surface area contributed by atoms with E-state index in [4.69, 9.17) is 9.15 Å². The van der Waals surface area contributed by atoms with Crippen LogP contribution in [0.25, 0.3) is 10.8 Å². The van der Waals surface area contributed by atoms with Crippen molar-refractivity contribution in [3.63, 3.8) is 0 Å². The molecule has 0 spiro atoms. The van der Waals surface area contributed by atoms with Crippen LogP contribution in [0.5, 0.6) is 0 Å². The minimum absolute atomic E-state index is 0.00902. The van der Waals surface area contributed by atoms with E-state index in [-0.39, 0.29) is 25.0 Å². The molecule has 1 saturated heterocycles. The molecule has 0 saturated carbocycles. The van der Waals surface area contributed by atoms with Crippen LogP contribution in [0.4, 0.5) is 0 Å². The van der Waals surface area contributed by atoms with Crippen LogP contribution in [0.1, 0.15) is 12.1 Å². The van der Waals surface area contributed by atoms with Crippen LogP contribution in [0.15, 0.2) is 28.2 Å². The van der Waals surface area contributed by atoms with Crippen molar-refractivity contribution in [2.75, 3.05) is 13.7 Å². The average molecular weight is 336 g/mol. The molecule has 1 amide bonds. The molecule has 3 rings (SSSR count). The van der Waals surface area contributed by atoms with E-state index in [9.17, 15) is 14.7 Å². The van der Waals surface area contributed by atoms with Gasteiger partial charge in [-0.2, -0.15) is 0 Å². The molecule has 1 N–H and O–H groups in total. The first-order valence-electron chi connectivity index (χ1n) is 7.12. The fourth-order valence-electron chi connectivity index (χ4n) is 2.64. The highest BCUT2D eigenvalue weighted by Gasteiger charge is 2.39. The van der Waals surface area contributed by atoms with Crippen LogP contribution in [-0.2, 0) is 20.7 Å². The Morgan fingerprint density at radius 1 is 1.57 bits per heavy atom. The van der Waals surface area contributed by atoms with Gasteiger partial charge in [0, 0.05) is 20.1 Å². The van der Waals surface area contributed by atoms with E-state index in [1.54, 1.807) is 0 Å². The van der Waals surface area contributed by atoms with Gasteiger partial charge in [-0.05, 0) is 11.4 Å². The second-order valence-corrected chi connectivity index (χ2v) is 6.24. The van der Waals surface area contributed by atoms with Gasteiger partial charge in [-0.25, -0.2) is 9.78 Å². The number of likely N-dealkylation sites (tertiary alicyclic amines) is 1. The monoisotopic (exact) mass is 336 g/mol. The molecule has 1 fully saturated rings. The van der Waals surface area contributed by atoms with E-state index >= 15 is 0 Å². The number of carbonyl (C=O) groups excluding carboxylic acids is 1. The molecule has 2 aromatic rings. The minimum Gasteiger partial charge on any atom is -0.480 e. The fraction of sp³-hybridized carbons (Fsp3) is 0.400. The smallest absolute Gasteiger partial charge is 0.326 e. The van der Waals surface area contributed by atoms with E-state index in [2.05, 4.69) is 4.98 Å². The molecular formula is C15H16N2O5S. The number of nitrogens with zero attached hydrogens (tertiary/aromatic N) is 2. The van der Waals surface area contributed by atoms with Gasteiger partial charge >= 0.3 is 5.97 Å². The zero-order chi connectivity index (χ0) is 16.4. The number of carboxylic acid groups (broad SMARTS) is 1. The summed E-state index contributed by atoms with van der Waals surface area (Å²) in [5.41, 5.74) is 0.489. The number of oxazole rings is 1. The lowest BCUT2D eigenvalue weighted by Gasteiger charge is -2.20. The third-order valence-corrected chi connectivity index (χ3v) is 4.68. The van der Waals surface area contributed by atoms with Crippen molar-refractivity contribution in [2.45, 2.75) is 25.0 Å². The maximum Gasteiger partial charge on any atom is 0.326 e. The predicted molar refractivity (Wildman–Crippen MR) is 82.1 cm³/mol. The molecule has 2 atom stereocenters. The molecule has 8 heteroatoms. The van der Waals surface area contributed by atoms with Crippen molar-refractivity contribution >= 4 is 23.2 Å². The van der Waals surface area contributed by atoms with Gasteiger partial charge in [-0.3, -0.25) is 4.79 Å². The molecule has 1 aliphatic rings. The maximum atomic E-state index is 12.4. The first kappa shape index (κ1) is 15.7. The standard InChI is InChI=1S/C15H16N2O5S/c1-21-10-6-11(15(19)20)17(7-10)13(18)5-9-8-22-14(16-9)12-3-2-4-23-12/h2-4,8,10-11H,5-7H2,1H3,(H,19,20). The molecule has 2 aromatic heterocycles. The fourth-order valence-corrected chi connectivity index (χ4v) is 3.29. The Balaban J connectivity index is 1.70. The molecule has 23 heavy (non-hydrogen) atoms. The Morgan fingerprint density at radius 2 is 2.39 bits per heavy atom. The summed E-state index contributed by atoms with van der Waals surface area (Å²) in [7, 11) is 1.52. The quantitative estimate of drug-likeness (QED) is 0.892. The first-order chi connectivity index (χ1) is 11.1. The number of carbonyl (C=O) groups is 2. The molecule has 7 nitrogen and oxygen atoms in total. The van der Waals surface area contributed by atoms with Crippen LogP contribution in [0.2, 0.25) is 0 Å². The SMILES string of the molecule is COC1CC(C(=O)O)N(C(=O)Cc2coc(-c3cccs3)n2)C1. The Hall–Kier alpha value is -2.19. The number of amides is 1. The minimum atomic E-state index is -1.02. The van der Waals surface area contributed by atoms with Crippen LogP contribution in [-0.4, -0.2) is 52.7 Å². The van der Waals surface area contributed by atoms with Gasteiger partial charge in [0.1, 0.15) is 12.3 Å². The van der Waals surface area contributed by atoms with Crippen molar-refractivity contribution in [3.05, 3.63) is 29.5 Å². The van der Waals surface area contributed by atoms with Gasteiger partial charge in [0.25, 0.3) is 0 Å². The third-order valence-electron chi connectivity index (χ3n) is 3.82. The van der Waals surface area contributed by atoms with E-state index in [1.165, 1.54) is 29.6 Å². The molecule has 122 valence electrons. The number of rotatable bonds is 5. The van der Waals surface area contributed by atoms with Gasteiger partial charge in [0.2, 0.25) is 11.8 Å². The second-order valence-electron chi connectivity index (χ2n) is 5.29. The van der Waals surface area contributed by atoms with Gasteiger partial charge in [-0.1, -0.05) is 6.07 Å². The highest BCUT2D eigenvalue weighted by Crippen LogP contribution is 2.25. The highest BCUT2D eigenvalue weighted by atomic mass is 32.1. The average Bonchev–Trinajstić information content (AvgIpc) is 3.26. The summed E-state index contributed by atoms with van der Waals surface area (Å²) in [6.07, 6.45) is 1.50. The summed E-state index contributed by atoms with van der Waals surface area (Å²) in [5.74, 6) is -0.839. The summed E-state index contributed by atoms with van der Waals surface area (Å²) in [6.45, 7) is 0.280. The van der Waals surface area contributed by atoms with E-state index < -0.39 is 12.0 Å². The van der Waals surface area contributed by atoms with Crippen molar-refractivity contribution in [3.8, 4) is 10.8 Å². The van der Waals surface area contributed by atoms with Crippen LogP contribution >= 0.6 is 11.3 Å². The van der Waals surface area contributed by atoms with Crippen molar-refractivity contribution in [1.82, 2.24) is 9.88 Å². The van der Waals surface area contributed by atoms with Gasteiger partial charge < -0.3 is 19.2 Å². The van der Waals surface area contributed by atoms with Crippen molar-refractivity contribution in [1.29, 1.82) is 0 Å². The lowest BCUT2D eigenvalue weighted by atomic mass is 10.2. The Labute approximate surface area is 136 Å². The predicted octanol–water partition coefficient (Wildman–Crippen LogP) is 1.65. The normalized spacial score (nSPS) is 20.8. The Bertz CT molecular complexity index is 697. The van der Waals surface area contributed by atoms with Crippen molar-refractivity contribution < 1.29 is 23.8 Å². The zero-order valence-electron chi connectivity index (χ0n) is 12.5. The summed E-state index contributed by atoms with van der Waals surface area (Å²) >= 11 is 1.50. The van der Waals surface area contributed by atoms with E-state index in [1.807, 2.05) is 17.5 Å². The molecule has 3 heterocycles. The molecule has 0 bridgehead atoms. The van der Waals surface area contributed by atoms with Gasteiger partial charge in [0.15, 0.2) is 0 Å². The lowest BCUT2D eigenvalue weighted by molar-refractivity contribution is -0.148. The Kier molecular flexibility index (Phi) is 4.44.